The maximum absolute atomic E-state index is 15.3. The molecule has 2 amide bonds. The molecule has 0 radical (unpaired) electrons. The summed E-state index contributed by atoms with van der Waals surface area (Å²) in [7, 11) is 2.85. The Bertz CT molecular complexity index is 1620. The summed E-state index contributed by atoms with van der Waals surface area (Å²) in [5.41, 5.74) is 2.21. The lowest BCUT2D eigenvalue weighted by Crippen LogP contribution is -2.13. The molecule has 0 spiro atoms. The van der Waals surface area contributed by atoms with Crippen LogP contribution < -0.4 is 24.8 Å². The Morgan fingerprint density at radius 2 is 1.47 bits per heavy atom. The van der Waals surface area contributed by atoms with Crippen molar-refractivity contribution in [2.75, 3.05) is 31.5 Å². The average Bonchev–Trinajstić information content (AvgIpc) is 3.08. The zero-order valence-corrected chi connectivity index (χ0v) is 28.4. The number of amides is 2. The van der Waals surface area contributed by atoms with E-state index < -0.39 is 11.6 Å². The number of rotatable bonds is 19. The summed E-state index contributed by atoms with van der Waals surface area (Å²) in [6, 6.07) is 13.2. The fraction of sp³-hybridized carbons (Fsp3) is 0.342. The number of hydrogen-bond donors (Lipinski definition) is 2. The summed E-state index contributed by atoms with van der Waals surface area (Å²) in [5.74, 6) is -0.652. The van der Waals surface area contributed by atoms with Gasteiger partial charge in [0.05, 0.1) is 20.8 Å². The van der Waals surface area contributed by atoms with E-state index in [2.05, 4.69) is 22.3 Å². The molecule has 3 aromatic carbocycles. The number of nitrogens with one attached hydrogen (secondary N) is 2. The van der Waals surface area contributed by atoms with E-state index in [-0.39, 0.29) is 55.1 Å². The van der Waals surface area contributed by atoms with Gasteiger partial charge < -0.3 is 29.6 Å². The highest BCUT2D eigenvalue weighted by Crippen LogP contribution is 2.35. The average molecular weight is 679 g/mol. The van der Waals surface area contributed by atoms with Crippen LogP contribution >= 0.6 is 0 Å². The van der Waals surface area contributed by atoms with Crippen LogP contribution in [0.2, 0.25) is 0 Å². The highest BCUT2D eigenvalue weighted by molar-refractivity contribution is 5.91. The number of unbranched alkanes of at least 4 members (excludes halogenated alkanes) is 2. The van der Waals surface area contributed by atoms with Crippen LogP contribution in [0.1, 0.15) is 69.4 Å². The lowest BCUT2D eigenvalue weighted by atomic mass is 10.0. The maximum Gasteiger partial charge on any atom is 0.305 e. The van der Waals surface area contributed by atoms with Crippen LogP contribution in [0.4, 0.5) is 20.2 Å². The summed E-state index contributed by atoms with van der Waals surface area (Å²) < 4.78 is 50.6. The van der Waals surface area contributed by atoms with Crippen LogP contribution in [-0.4, -0.2) is 38.6 Å². The highest BCUT2D eigenvalue weighted by atomic mass is 19.1. The number of hydrogen-bond acceptors (Lipinski definition) is 7. The van der Waals surface area contributed by atoms with Gasteiger partial charge in [0.25, 0.3) is 0 Å². The number of carbonyl (C=O) groups is 3. The van der Waals surface area contributed by atoms with Crippen LogP contribution in [0.25, 0.3) is 5.76 Å². The first-order valence-corrected chi connectivity index (χ1v) is 16.2. The van der Waals surface area contributed by atoms with Crippen molar-refractivity contribution < 1.29 is 42.1 Å². The largest absolute Gasteiger partial charge is 0.493 e. The van der Waals surface area contributed by atoms with E-state index in [0.29, 0.717) is 47.8 Å². The number of halogens is 2. The van der Waals surface area contributed by atoms with Crippen LogP contribution in [-0.2, 0) is 19.1 Å². The first kappa shape index (κ1) is 38.3. The molecule has 0 saturated carbocycles. The fourth-order valence-electron chi connectivity index (χ4n) is 4.63. The number of esters is 1. The molecule has 0 aliphatic heterocycles. The number of ether oxygens (including phenoxy) is 4. The van der Waals surface area contributed by atoms with Gasteiger partial charge in [0, 0.05) is 42.3 Å². The second kappa shape index (κ2) is 20.2. The SMILES string of the molecule is CCC/C=C/C=C(/Oc1ccc(NC(=O)CCCCC(=O)Nc2ccc(F)cc2)cc1F)c1cc(OC)c(OCCCC(=O)OC)cc1C. The first-order valence-electron chi connectivity index (χ1n) is 16.2. The molecule has 0 aliphatic rings. The molecule has 0 bridgehead atoms. The monoisotopic (exact) mass is 678 g/mol. The highest BCUT2D eigenvalue weighted by Gasteiger charge is 2.17. The van der Waals surface area contributed by atoms with Gasteiger partial charge in [-0.2, -0.15) is 0 Å². The second-order valence-corrected chi connectivity index (χ2v) is 11.2. The Morgan fingerprint density at radius 3 is 2.10 bits per heavy atom. The molecular weight excluding hydrogens is 634 g/mol. The van der Waals surface area contributed by atoms with Gasteiger partial charge in [-0.25, -0.2) is 8.78 Å². The Balaban J connectivity index is 1.63. The summed E-state index contributed by atoms with van der Waals surface area (Å²) in [6.07, 6.45) is 9.38. The minimum atomic E-state index is -0.672. The zero-order valence-electron chi connectivity index (χ0n) is 28.4. The molecule has 3 aromatic rings. The maximum atomic E-state index is 15.3. The Hall–Kier alpha value is -5.19. The summed E-state index contributed by atoms with van der Waals surface area (Å²) in [6.45, 7) is 4.22. The molecule has 11 heteroatoms. The lowest BCUT2D eigenvalue weighted by Gasteiger charge is -2.17. The molecule has 3 rings (SSSR count). The van der Waals surface area contributed by atoms with E-state index in [9.17, 15) is 18.8 Å². The zero-order chi connectivity index (χ0) is 35.6. The Kier molecular flexibility index (Phi) is 15.8. The molecule has 2 N–H and O–H groups in total. The van der Waals surface area contributed by atoms with E-state index in [1.165, 1.54) is 50.6 Å². The van der Waals surface area contributed by atoms with Crippen molar-refractivity contribution in [3.8, 4) is 17.2 Å². The van der Waals surface area contributed by atoms with Crippen molar-refractivity contribution in [3.63, 3.8) is 0 Å². The third kappa shape index (κ3) is 13.1. The van der Waals surface area contributed by atoms with Gasteiger partial charge >= 0.3 is 5.97 Å². The van der Waals surface area contributed by atoms with Gasteiger partial charge in [-0.05, 0) is 92.8 Å². The van der Waals surface area contributed by atoms with Crippen molar-refractivity contribution in [2.45, 2.75) is 65.2 Å². The van der Waals surface area contributed by atoms with Crippen LogP contribution in [0.15, 0.2) is 72.8 Å². The van der Waals surface area contributed by atoms with E-state index in [1.807, 2.05) is 19.1 Å². The minimum Gasteiger partial charge on any atom is -0.493 e. The first-order chi connectivity index (χ1) is 23.6. The van der Waals surface area contributed by atoms with Gasteiger partial charge in [0.2, 0.25) is 11.8 Å². The van der Waals surface area contributed by atoms with Crippen LogP contribution in [0, 0.1) is 18.6 Å². The van der Waals surface area contributed by atoms with E-state index in [1.54, 1.807) is 24.3 Å². The molecule has 0 aromatic heterocycles. The van der Waals surface area contributed by atoms with Gasteiger partial charge in [-0.3, -0.25) is 14.4 Å². The minimum absolute atomic E-state index is 0.0400. The summed E-state index contributed by atoms with van der Waals surface area (Å²) in [4.78, 5) is 36.0. The third-order valence-electron chi connectivity index (χ3n) is 7.25. The van der Waals surface area contributed by atoms with E-state index >= 15 is 4.39 Å². The molecule has 0 fully saturated rings. The second-order valence-electron chi connectivity index (χ2n) is 11.2. The van der Waals surface area contributed by atoms with E-state index in [4.69, 9.17) is 14.2 Å². The summed E-state index contributed by atoms with van der Waals surface area (Å²) >= 11 is 0. The number of methoxy groups -OCH3 is 2. The molecule has 49 heavy (non-hydrogen) atoms. The smallest absolute Gasteiger partial charge is 0.305 e. The standard InChI is InChI=1S/C38H44F2N2O7/c1-5-6-7-8-12-32(30-25-34(46-3)35(23-26(30)2)48-22-11-15-38(45)47-4)49-33-21-20-29(24-31(33)40)42-37(44)14-10-9-13-36(43)41-28-18-16-27(39)17-19-28/h7-8,12,16-21,23-25H,5-6,9-11,13-15,22H2,1-4H3,(H,41,43)(H,42,44)/b8-7+,32-12+. The fourth-order valence-corrected chi connectivity index (χ4v) is 4.63. The Morgan fingerprint density at radius 1 is 0.796 bits per heavy atom. The number of allylic oxidation sites excluding steroid dienone is 3. The van der Waals surface area contributed by atoms with Crippen molar-refractivity contribution >= 4 is 34.9 Å². The van der Waals surface area contributed by atoms with Crippen LogP contribution in [0.5, 0.6) is 17.2 Å². The van der Waals surface area contributed by atoms with Crippen molar-refractivity contribution in [3.05, 3.63) is 95.6 Å². The van der Waals surface area contributed by atoms with Gasteiger partial charge in [0.15, 0.2) is 23.1 Å². The van der Waals surface area contributed by atoms with E-state index in [0.717, 1.165) is 18.4 Å². The predicted molar refractivity (Wildman–Crippen MR) is 186 cm³/mol. The Labute approximate surface area is 286 Å². The number of benzene rings is 3. The van der Waals surface area contributed by atoms with Gasteiger partial charge in [0.1, 0.15) is 11.6 Å². The molecule has 0 aliphatic carbocycles. The third-order valence-corrected chi connectivity index (χ3v) is 7.25. The molecular formula is C38H44F2N2O7. The molecule has 0 unspecified atom stereocenters. The van der Waals surface area contributed by atoms with Crippen molar-refractivity contribution in [2.24, 2.45) is 0 Å². The molecule has 0 atom stereocenters. The predicted octanol–water partition coefficient (Wildman–Crippen LogP) is 8.53. The number of carbonyl (C=O) groups excluding carboxylic acids is 3. The van der Waals surface area contributed by atoms with Crippen molar-refractivity contribution in [1.82, 2.24) is 0 Å². The molecule has 0 heterocycles. The number of aryl methyl sites for hydroxylation is 1. The quantitative estimate of drug-likeness (QED) is 0.0566. The van der Waals surface area contributed by atoms with Gasteiger partial charge in [-0.15, -0.1) is 0 Å². The normalized spacial score (nSPS) is 11.3. The molecule has 9 nitrogen and oxygen atoms in total. The van der Waals surface area contributed by atoms with Crippen LogP contribution in [0.3, 0.4) is 0 Å². The van der Waals surface area contributed by atoms with Gasteiger partial charge in [-0.1, -0.05) is 25.5 Å². The summed E-state index contributed by atoms with van der Waals surface area (Å²) in [5, 5.41) is 5.37. The lowest BCUT2D eigenvalue weighted by molar-refractivity contribution is -0.140. The molecule has 0 saturated heterocycles. The van der Waals surface area contributed by atoms with Crippen molar-refractivity contribution in [1.29, 1.82) is 0 Å². The topological polar surface area (TPSA) is 112 Å². The number of anilines is 2. The molecule has 262 valence electrons.